The van der Waals surface area contributed by atoms with Crippen molar-refractivity contribution in [3.63, 3.8) is 0 Å². The van der Waals surface area contributed by atoms with Gasteiger partial charge in [0, 0.05) is 11.1 Å². The van der Waals surface area contributed by atoms with Gasteiger partial charge in [-0.2, -0.15) is 0 Å². The molecule has 0 bridgehead atoms. The number of carbonyl (C=O) groups is 1. The third-order valence-electron chi connectivity index (χ3n) is 3.89. The number of methoxy groups -OCH3 is 1. The third kappa shape index (κ3) is 3.64. The molecule has 0 aliphatic heterocycles. The van der Waals surface area contributed by atoms with E-state index in [0.29, 0.717) is 5.02 Å². The molecular weight excluding hydrogens is 370 g/mol. The van der Waals surface area contributed by atoms with Gasteiger partial charge in [-0.15, -0.1) is 11.3 Å². The van der Waals surface area contributed by atoms with Crippen molar-refractivity contribution in [1.82, 2.24) is 4.72 Å². The first-order valence-corrected chi connectivity index (χ1v) is 10.1. The highest BCUT2D eigenvalue weighted by Crippen LogP contribution is 2.42. The molecule has 1 heterocycles. The lowest BCUT2D eigenvalue weighted by Crippen LogP contribution is -2.30. The Bertz CT molecular complexity index is 841. The molecule has 128 valence electrons. The molecule has 1 N–H and O–H groups in total. The standard InChI is InChI=1S/C16H16ClNO4S2/c1-22-16(19)15-13(8-9-23-15)24(20,21)18-14(10-2-3-10)11-4-6-12(17)7-5-11/h4-10,14,18H,2-3H2,1H3. The zero-order chi connectivity index (χ0) is 17.3. The summed E-state index contributed by atoms with van der Waals surface area (Å²) in [5.41, 5.74) is 0.861. The van der Waals surface area contributed by atoms with Crippen molar-refractivity contribution < 1.29 is 17.9 Å². The molecule has 0 amide bonds. The smallest absolute Gasteiger partial charge is 0.349 e. The van der Waals surface area contributed by atoms with Crippen molar-refractivity contribution >= 4 is 38.9 Å². The van der Waals surface area contributed by atoms with Gasteiger partial charge in [0.15, 0.2) is 0 Å². The predicted molar refractivity (Wildman–Crippen MR) is 92.9 cm³/mol. The molecule has 1 aliphatic carbocycles. The van der Waals surface area contributed by atoms with Crippen LogP contribution in [0.25, 0.3) is 0 Å². The van der Waals surface area contributed by atoms with E-state index in [1.54, 1.807) is 17.5 Å². The molecule has 1 fully saturated rings. The number of halogens is 1. The molecule has 24 heavy (non-hydrogen) atoms. The van der Waals surface area contributed by atoms with E-state index in [9.17, 15) is 13.2 Å². The first-order chi connectivity index (χ1) is 11.4. The van der Waals surface area contributed by atoms with Gasteiger partial charge in [-0.1, -0.05) is 23.7 Å². The molecule has 8 heteroatoms. The molecule has 1 aliphatic rings. The van der Waals surface area contributed by atoms with Gasteiger partial charge in [0.2, 0.25) is 10.0 Å². The van der Waals surface area contributed by atoms with Crippen LogP contribution >= 0.6 is 22.9 Å². The van der Waals surface area contributed by atoms with Gasteiger partial charge < -0.3 is 4.74 Å². The molecular formula is C16H16ClNO4S2. The van der Waals surface area contributed by atoms with E-state index in [4.69, 9.17) is 11.6 Å². The Kier molecular flexibility index (Phi) is 4.96. The second kappa shape index (κ2) is 6.84. The van der Waals surface area contributed by atoms with Gasteiger partial charge in [-0.05, 0) is 47.9 Å². The Morgan fingerprint density at radius 2 is 1.96 bits per heavy atom. The van der Waals surface area contributed by atoms with Crippen LogP contribution in [-0.4, -0.2) is 21.5 Å². The Morgan fingerprint density at radius 1 is 1.29 bits per heavy atom. The van der Waals surface area contributed by atoms with E-state index in [-0.39, 0.29) is 21.7 Å². The predicted octanol–water partition coefficient (Wildman–Crippen LogP) is 3.62. The van der Waals surface area contributed by atoms with Gasteiger partial charge in [0.05, 0.1) is 7.11 Å². The molecule has 1 aromatic carbocycles. The molecule has 1 aromatic heterocycles. The number of sulfonamides is 1. The number of benzene rings is 1. The highest BCUT2D eigenvalue weighted by atomic mass is 35.5. The maximum atomic E-state index is 12.8. The van der Waals surface area contributed by atoms with E-state index in [0.717, 1.165) is 29.7 Å². The number of rotatable bonds is 6. The summed E-state index contributed by atoms with van der Waals surface area (Å²) >= 11 is 6.96. The van der Waals surface area contributed by atoms with Crippen molar-refractivity contribution in [2.24, 2.45) is 5.92 Å². The quantitative estimate of drug-likeness (QED) is 0.771. The van der Waals surface area contributed by atoms with E-state index in [1.165, 1.54) is 13.2 Å². The lowest BCUT2D eigenvalue weighted by molar-refractivity contribution is 0.0602. The molecule has 3 rings (SSSR count). The lowest BCUT2D eigenvalue weighted by Gasteiger charge is -2.19. The summed E-state index contributed by atoms with van der Waals surface area (Å²) in [6.45, 7) is 0. The van der Waals surface area contributed by atoms with Crippen molar-refractivity contribution in [3.05, 3.63) is 51.2 Å². The number of esters is 1. The fraction of sp³-hybridized carbons (Fsp3) is 0.312. The largest absolute Gasteiger partial charge is 0.465 e. The Morgan fingerprint density at radius 3 is 2.54 bits per heavy atom. The zero-order valence-corrected chi connectivity index (χ0v) is 15.2. The molecule has 0 saturated heterocycles. The average molecular weight is 386 g/mol. The minimum absolute atomic E-state index is 0.0426. The topological polar surface area (TPSA) is 72.5 Å². The van der Waals surface area contributed by atoms with Crippen LogP contribution in [0.1, 0.15) is 34.1 Å². The molecule has 5 nitrogen and oxygen atoms in total. The van der Waals surface area contributed by atoms with Gasteiger partial charge in [0.25, 0.3) is 0 Å². The zero-order valence-electron chi connectivity index (χ0n) is 12.9. The summed E-state index contributed by atoms with van der Waals surface area (Å²) in [4.78, 5) is 11.8. The fourth-order valence-electron chi connectivity index (χ4n) is 2.52. The highest BCUT2D eigenvalue weighted by molar-refractivity contribution is 7.89. The fourth-order valence-corrected chi connectivity index (χ4v) is 5.27. The van der Waals surface area contributed by atoms with E-state index < -0.39 is 16.0 Å². The SMILES string of the molecule is COC(=O)c1sccc1S(=O)(=O)NC(c1ccc(Cl)cc1)C1CC1. The number of thiophene rings is 1. The third-order valence-corrected chi connectivity index (χ3v) is 6.65. The Balaban J connectivity index is 1.91. The van der Waals surface area contributed by atoms with Gasteiger partial charge >= 0.3 is 5.97 Å². The number of hydrogen-bond donors (Lipinski definition) is 1. The van der Waals surface area contributed by atoms with Crippen molar-refractivity contribution in [1.29, 1.82) is 0 Å². The second-order valence-electron chi connectivity index (χ2n) is 5.59. The number of ether oxygens (including phenoxy) is 1. The summed E-state index contributed by atoms with van der Waals surface area (Å²) in [6.07, 6.45) is 1.92. The van der Waals surface area contributed by atoms with Crippen LogP contribution in [0.15, 0.2) is 40.6 Å². The monoisotopic (exact) mass is 385 g/mol. The minimum Gasteiger partial charge on any atom is -0.465 e. The van der Waals surface area contributed by atoms with Crippen molar-refractivity contribution in [2.45, 2.75) is 23.8 Å². The Labute approximate surface area is 149 Å². The first kappa shape index (κ1) is 17.4. The van der Waals surface area contributed by atoms with Gasteiger partial charge in [0.1, 0.15) is 9.77 Å². The molecule has 1 atom stereocenters. The van der Waals surface area contributed by atoms with Crippen LogP contribution in [-0.2, 0) is 14.8 Å². The van der Waals surface area contributed by atoms with E-state index in [2.05, 4.69) is 9.46 Å². The number of carbonyl (C=O) groups excluding carboxylic acids is 1. The molecule has 1 unspecified atom stereocenters. The minimum atomic E-state index is -3.84. The van der Waals surface area contributed by atoms with Crippen molar-refractivity contribution in [2.75, 3.05) is 7.11 Å². The molecule has 1 saturated carbocycles. The van der Waals surface area contributed by atoms with E-state index >= 15 is 0 Å². The summed E-state index contributed by atoms with van der Waals surface area (Å²) in [7, 11) is -2.61. The maximum Gasteiger partial charge on any atom is 0.349 e. The van der Waals surface area contributed by atoms with Crippen molar-refractivity contribution in [3.8, 4) is 0 Å². The van der Waals surface area contributed by atoms with E-state index in [1.807, 2.05) is 12.1 Å². The lowest BCUT2D eigenvalue weighted by atomic mass is 10.0. The van der Waals surface area contributed by atoms with Crippen LogP contribution in [0, 0.1) is 5.92 Å². The maximum absolute atomic E-state index is 12.8. The summed E-state index contributed by atoms with van der Waals surface area (Å²) in [5.74, 6) is -0.402. The van der Waals surface area contributed by atoms with Crippen LogP contribution in [0.2, 0.25) is 5.02 Å². The number of hydrogen-bond acceptors (Lipinski definition) is 5. The Hall–Kier alpha value is -1.41. The number of nitrogens with one attached hydrogen (secondary N) is 1. The summed E-state index contributed by atoms with van der Waals surface area (Å²) < 4.78 is 33.0. The van der Waals surface area contributed by atoms with Crippen LogP contribution in [0.5, 0.6) is 0 Å². The molecule has 0 spiro atoms. The van der Waals surface area contributed by atoms with Gasteiger partial charge in [-0.25, -0.2) is 17.9 Å². The van der Waals surface area contributed by atoms with Crippen LogP contribution < -0.4 is 4.72 Å². The average Bonchev–Trinajstić information content (AvgIpc) is 3.28. The highest BCUT2D eigenvalue weighted by Gasteiger charge is 2.36. The second-order valence-corrected chi connectivity index (χ2v) is 8.63. The normalized spacial score (nSPS) is 15.9. The summed E-state index contributed by atoms with van der Waals surface area (Å²) in [6, 6.07) is 8.21. The first-order valence-electron chi connectivity index (χ1n) is 7.36. The molecule has 0 radical (unpaired) electrons. The summed E-state index contributed by atoms with van der Waals surface area (Å²) in [5, 5.41) is 2.16. The van der Waals surface area contributed by atoms with Gasteiger partial charge in [-0.3, -0.25) is 0 Å². The van der Waals surface area contributed by atoms with Crippen LogP contribution in [0.3, 0.4) is 0 Å². The van der Waals surface area contributed by atoms with Crippen LogP contribution in [0.4, 0.5) is 0 Å². The molecule has 2 aromatic rings.